The highest BCUT2D eigenvalue weighted by molar-refractivity contribution is 6.17. The van der Waals surface area contributed by atoms with Crippen LogP contribution in [-0.2, 0) is 0 Å². The molecule has 2 heterocycles. The van der Waals surface area contributed by atoms with Crippen molar-refractivity contribution in [2.75, 3.05) is 0 Å². The van der Waals surface area contributed by atoms with Crippen LogP contribution in [0.4, 0.5) is 0 Å². The number of nitrogens with zero attached hydrogens (tertiary/aromatic N) is 3. The van der Waals surface area contributed by atoms with Crippen molar-refractivity contribution in [3.8, 4) is 11.1 Å². The van der Waals surface area contributed by atoms with Crippen molar-refractivity contribution in [3.63, 3.8) is 0 Å². The highest BCUT2D eigenvalue weighted by Gasteiger charge is 2.21. The Balaban J connectivity index is 1.23. The van der Waals surface area contributed by atoms with E-state index in [0.29, 0.717) is 0 Å². The minimum atomic E-state index is -0.374. The molecule has 7 aromatic rings. The molecular weight excluding hydrogens is 512 g/mol. The second kappa shape index (κ2) is 10.1. The van der Waals surface area contributed by atoms with Crippen LogP contribution in [0.3, 0.4) is 0 Å². The summed E-state index contributed by atoms with van der Waals surface area (Å²) in [5.41, 5.74) is 6.31. The van der Waals surface area contributed by atoms with E-state index >= 15 is 0 Å². The molecule has 198 valence electrons. The quantitative estimate of drug-likeness (QED) is 0.244. The first kappa shape index (κ1) is 24.2. The van der Waals surface area contributed by atoms with Crippen LogP contribution >= 0.6 is 0 Å². The van der Waals surface area contributed by atoms with Gasteiger partial charge in [0.15, 0.2) is 6.17 Å². The van der Waals surface area contributed by atoms with Gasteiger partial charge in [-0.25, -0.2) is 9.98 Å². The zero-order valence-corrected chi connectivity index (χ0v) is 22.8. The van der Waals surface area contributed by atoms with Gasteiger partial charge in [-0.15, -0.1) is 0 Å². The number of pyridine rings is 1. The Morgan fingerprint density at radius 2 is 1.02 bits per heavy atom. The number of amidine groups is 2. The predicted molar refractivity (Wildman–Crippen MR) is 174 cm³/mol. The smallest absolute Gasteiger partial charge is 0.169 e. The van der Waals surface area contributed by atoms with Crippen molar-refractivity contribution >= 4 is 44.1 Å². The summed E-state index contributed by atoms with van der Waals surface area (Å²) in [6, 6.07) is 48.8. The normalized spacial score (nSPS) is 14.9. The van der Waals surface area contributed by atoms with Crippen LogP contribution in [0.15, 0.2) is 156 Å². The largest absolute Gasteiger partial charge is 0.324 e. The summed E-state index contributed by atoms with van der Waals surface area (Å²) in [5.74, 6) is 1.61. The fraction of sp³-hybridized carbons (Fsp3) is 0.0263. The second-order valence-electron chi connectivity index (χ2n) is 10.6. The van der Waals surface area contributed by atoms with E-state index in [2.05, 4.69) is 144 Å². The molecule has 0 amide bonds. The van der Waals surface area contributed by atoms with Crippen molar-refractivity contribution in [1.29, 1.82) is 0 Å². The van der Waals surface area contributed by atoms with Gasteiger partial charge in [0.05, 0.1) is 5.52 Å². The molecule has 1 aliphatic rings. The summed E-state index contributed by atoms with van der Waals surface area (Å²) < 4.78 is 0. The van der Waals surface area contributed by atoms with Crippen LogP contribution in [0.1, 0.15) is 22.9 Å². The van der Waals surface area contributed by atoms with Gasteiger partial charge < -0.3 is 5.32 Å². The third-order valence-corrected chi connectivity index (χ3v) is 7.91. The molecule has 0 spiro atoms. The Hall–Kier alpha value is -5.61. The number of benzene rings is 6. The van der Waals surface area contributed by atoms with E-state index in [4.69, 9.17) is 9.98 Å². The van der Waals surface area contributed by atoms with E-state index < -0.39 is 0 Å². The number of nitrogens with one attached hydrogen (secondary N) is 1. The number of hydrogen-bond acceptors (Lipinski definition) is 4. The van der Waals surface area contributed by atoms with E-state index in [1.54, 1.807) is 0 Å². The van der Waals surface area contributed by atoms with Gasteiger partial charge in [0.25, 0.3) is 0 Å². The first-order chi connectivity index (χ1) is 20.8. The van der Waals surface area contributed by atoms with E-state index in [-0.39, 0.29) is 6.17 Å². The van der Waals surface area contributed by atoms with E-state index in [1.165, 1.54) is 21.5 Å². The van der Waals surface area contributed by atoms with Crippen molar-refractivity contribution in [1.82, 2.24) is 10.3 Å². The lowest BCUT2D eigenvalue weighted by Crippen LogP contribution is -2.36. The van der Waals surface area contributed by atoms with E-state index in [0.717, 1.165) is 50.4 Å². The van der Waals surface area contributed by atoms with Gasteiger partial charge >= 0.3 is 0 Å². The predicted octanol–water partition coefficient (Wildman–Crippen LogP) is 8.70. The molecule has 0 saturated carbocycles. The molecule has 1 unspecified atom stereocenters. The lowest BCUT2D eigenvalue weighted by Gasteiger charge is -2.23. The third kappa shape index (κ3) is 4.49. The Bertz CT molecular complexity index is 2190. The minimum Gasteiger partial charge on any atom is -0.324 e. The first-order valence-electron chi connectivity index (χ1n) is 14.1. The molecule has 0 radical (unpaired) electrons. The molecule has 0 fully saturated rings. The topological polar surface area (TPSA) is 49.6 Å². The molecule has 0 aliphatic carbocycles. The van der Waals surface area contributed by atoms with E-state index in [1.807, 2.05) is 12.3 Å². The summed E-state index contributed by atoms with van der Waals surface area (Å²) in [6.07, 6.45) is 1.46. The van der Waals surface area contributed by atoms with Crippen LogP contribution in [0, 0.1) is 0 Å². The fourth-order valence-electron chi connectivity index (χ4n) is 5.69. The summed E-state index contributed by atoms with van der Waals surface area (Å²) in [6.45, 7) is 0. The number of rotatable bonds is 4. The molecule has 1 atom stereocenters. The van der Waals surface area contributed by atoms with Crippen LogP contribution in [0.2, 0.25) is 0 Å². The molecule has 1 aliphatic heterocycles. The van der Waals surface area contributed by atoms with Crippen LogP contribution in [-0.4, -0.2) is 16.7 Å². The average Bonchev–Trinajstić information content (AvgIpc) is 3.07. The summed E-state index contributed by atoms with van der Waals surface area (Å²) in [5, 5.41) is 9.48. The van der Waals surface area contributed by atoms with Gasteiger partial charge in [-0.2, -0.15) is 0 Å². The molecule has 4 heteroatoms. The van der Waals surface area contributed by atoms with Gasteiger partial charge in [-0.3, -0.25) is 4.98 Å². The first-order valence-corrected chi connectivity index (χ1v) is 14.1. The number of aliphatic imine (C=N–C) groups is 2. The van der Waals surface area contributed by atoms with Crippen LogP contribution in [0.25, 0.3) is 43.6 Å². The molecule has 0 saturated heterocycles. The standard InChI is InChI=1S/C38H26N4/c1-3-9-28-21-33(18-14-25(28)7-1)37-40-36(41-38(42-37)34-19-15-26-8-2-4-10-29(26)22-34)32-12-5-11-30(23-32)31-17-16-27-13-6-20-39-35(27)24-31/h1-24,37H,(H,40,41,42). The highest BCUT2D eigenvalue weighted by Crippen LogP contribution is 2.29. The molecule has 42 heavy (non-hydrogen) atoms. The minimum absolute atomic E-state index is 0.374. The SMILES string of the molecule is c1cc(C2=NC(c3ccc4ccccc4c3)N=C(c3ccc4ccccc4c3)N2)cc(-c2ccc3cccnc3c2)c1. The van der Waals surface area contributed by atoms with Gasteiger partial charge in [-0.05, 0) is 68.6 Å². The number of hydrogen-bond donors (Lipinski definition) is 1. The maximum absolute atomic E-state index is 5.16. The molecule has 1 aromatic heterocycles. The van der Waals surface area contributed by atoms with Crippen LogP contribution in [0.5, 0.6) is 0 Å². The zero-order valence-electron chi connectivity index (χ0n) is 22.8. The van der Waals surface area contributed by atoms with Crippen molar-refractivity contribution in [2.45, 2.75) is 6.17 Å². The molecule has 0 bridgehead atoms. The van der Waals surface area contributed by atoms with Gasteiger partial charge in [0.1, 0.15) is 11.7 Å². The van der Waals surface area contributed by atoms with Gasteiger partial charge in [0, 0.05) is 22.7 Å². The lowest BCUT2D eigenvalue weighted by atomic mass is 10.0. The van der Waals surface area contributed by atoms with Crippen molar-refractivity contribution in [3.05, 3.63) is 162 Å². The maximum atomic E-state index is 5.16. The van der Waals surface area contributed by atoms with Gasteiger partial charge in [-0.1, -0.05) is 109 Å². The van der Waals surface area contributed by atoms with Crippen molar-refractivity contribution < 1.29 is 0 Å². The second-order valence-corrected chi connectivity index (χ2v) is 10.6. The maximum Gasteiger partial charge on any atom is 0.169 e. The Morgan fingerprint density at radius 3 is 1.83 bits per heavy atom. The van der Waals surface area contributed by atoms with Gasteiger partial charge in [0.2, 0.25) is 0 Å². The average molecular weight is 539 g/mol. The lowest BCUT2D eigenvalue weighted by molar-refractivity contribution is 0.757. The van der Waals surface area contributed by atoms with E-state index in [9.17, 15) is 0 Å². The summed E-state index contributed by atoms with van der Waals surface area (Å²) >= 11 is 0. The number of fused-ring (bicyclic) bond motifs is 3. The van der Waals surface area contributed by atoms with Crippen LogP contribution < -0.4 is 5.32 Å². The van der Waals surface area contributed by atoms with Crippen molar-refractivity contribution in [2.24, 2.45) is 9.98 Å². The highest BCUT2D eigenvalue weighted by atomic mass is 15.2. The monoisotopic (exact) mass is 538 g/mol. The third-order valence-electron chi connectivity index (χ3n) is 7.91. The zero-order chi connectivity index (χ0) is 27.9. The fourth-order valence-corrected chi connectivity index (χ4v) is 5.69. The molecule has 1 N–H and O–H groups in total. The summed E-state index contributed by atoms with van der Waals surface area (Å²) in [4.78, 5) is 14.9. The molecule has 8 rings (SSSR count). The Labute approximate surface area is 243 Å². The molecule has 6 aromatic carbocycles. The number of aromatic nitrogens is 1. The molecular formula is C38H26N4. The molecule has 4 nitrogen and oxygen atoms in total. The Kier molecular flexibility index (Phi) is 5.82. The Morgan fingerprint density at radius 1 is 0.429 bits per heavy atom. The summed E-state index contributed by atoms with van der Waals surface area (Å²) in [7, 11) is 0.